The van der Waals surface area contributed by atoms with Crippen molar-refractivity contribution in [1.82, 2.24) is 15.6 Å². The molecule has 0 fully saturated rings. The van der Waals surface area contributed by atoms with Crippen LogP contribution in [0.2, 0.25) is 0 Å². The molecule has 0 atom stereocenters. The second kappa shape index (κ2) is 12.3. The number of hydrogen-bond acceptors (Lipinski definition) is 4. The van der Waals surface area contributed by atoms with Gasteiger partial charge in [0.2, 0.25) is 0 Å². The van der Waals surface area contributed by atoms with Gasteiger partial charge >= 0.3 is 6.61 Å². The SMILES string of the molecule is CCOc1cccc(CNC(=NC)NCc2ccccn2)c1OC(F)F.I. The molecule has 1 aromatic heterocycles. The van der Waals surface area contributed by atoms with Gasteiger partial charge in [-0.3, -0.25) is 9.98 Å². The van der Waals surface area contributed by atoms with Gasteiger partial charge in [-0.05, 0) is 25.1 Å². The molecule has 2 aromatic rings. The van der Waals surface area contributed by atoms with Gasteiger partial charge in [0.15, 0.2) is 17.5 Å². The summed E-state index contributed by atoms with van der Waals surface area (Å²) < 4.78 is 35.5. The quantitative estimate of drug-likeness (QED) is 0.335. The van der Waals surface area contributed by atoms with Crippen LogP contribution >= 0.6 is 24.0 Å². The van der Waals surface area contributed by atoms with Crippen molar-refractivity contribution in [3.05, 3.63) is 53.9 Å². The minimum atomic E-state index is -2.93. The van der Waals surface area contributed by atoms with Gasteiger partial charge in [0.1, 0.15) is 0 Å². The molecule has 27 heavy (non-hydrogen) atoms. The van der Waals surface area contributed by atoms with Crippen LogP contribution in [0.3, 0.4) is 0 Å². The van der Waals surface area contributed by atoms with Gasteiger partial charge in [0.05, 0.1) is 18.8 Å². The Morgan fingerprint density at radius 1 is 1.15 bits per heavy atom. The largest absolute Gasteiger partial charge is 0.490 e. The third-order valence-corrected chi connectivity index (χ3v) is 3.40. The number of aliphatic imine (C=N–C) groups is 1. The van der Waals surface area contributed by atoms with E-state index >= 15 is 0 Å². The summed E-state index contributed by atoms with van der Waals surface area (Å²) in [4.78, 5) is 8.33. The highest BCUT2D eigenvalue weighted by atomic mass is 127. The number of hydrogen-bond donors (Lipinski definition) is 2. The molecule has 0 aliphatic carbocycles. The van der Waals surface area contributed by atoms with Crippen molar-refractivity contribution in [2.75, 3.05) is 13.7 Å². The zero-order valence-corrected chi connectivity index (χ0v) is 17.4. The van der Waals surface area contributed by atoms with E-state index in [-0.39, 0.29) is 42.0 Å². The van der Waals surface area contributed by atoms with Crippen LogP contribution in [0.25, 0.3) is 0 Å². The van der Waals surface area contributed by atoms with E-state index in [1.807, 2.05) is 18.2 Å². The molecule has 2 rings (SSSR count). The fourth-order valence-electron chi connectivity index (χ4n) is 2.27. The molecule has 2 N–H and O–H groups in total. The van der Waals surface area contributed by atoms with E-state index in [0.29, 0.717) is 24.7 Å². The van der Waals surface area contributed by atoms with Gasteiger partial charge in [-0.2, -0.15) is 8.78 Å². The van der Waals surface area contributed by atoms with E-state index < -0.39 is 6.61 Å². The first-order valence-corrected chi connectivity index (χ1v) is 8.18. The summed E-state index contributed by atoms with van der Waals surface area (Å²) in [5.74, 6) is 0.820. The molecule has 0 aliphatic heterocycles. The minimum Gasteiger partial charge on any atom is -0.490 e. The number of rotatable bonds is 8. The molecule has 0 saturated carbocycles. The van der Waals surface area contributed by atoms with E-state index in [1.165, 1.54) is 0 Å². The molecule has 0 aliphatic rings. The number of alkyl halides is 2. The molecule has 1 heterocycles. The summed E-state index contributed by atoms with van der Waals surface area (Å²) >= 11 is 0. The molecular weight excluding hydrogens is 469 g/mol. The molecule has 0 saturated heterocycles. The van der Waals surface area contributed by atoms with E-state index in [2.05, 4.69) is 25.3 Å². The Hall–Kier alpha value is -2.17. The minimum absolute atomic E-state index is 0. The van der Waals surface area contributed by atoms with Crippen LogP contribution in [-0.2, 0) is 13.1 Å². The summed E-state index contributed by atoms with van der Waals surface area (Å²) in [6, 6.07) is 10.6. The maximum atomic E-state index is 12.8. The van der Waals surface area contributed by atoms with Crippen molar-refractivity contribution in [1.29, 1.82) is 0 Å². The Kier molecular flexibility index (Phi) is 10.4. The van der Waals surface area contributed by atoms with Gasteiger partial charge in [0, 0.05) is 25.4 Å². The van der Waals surface area contributed by atoms with Gasteiger partial charge in [-0.25, -0.2) is 0 Å². The van der Waals surface area contributed by atoms with Gasteiger partial charge < -0.3 is 20.1 Å². The number of benzene rings is 1. The topological polar surface area (TPSA) is 67.8 Å². The highest BCUT2D eigenvalue weighted by molar-refractivity contribution is 14.0. The van der Waals surface area contributed by atoms with E-state index in [9.17, 15) is 8.78 Å². The average molecular weight is 492 g/mol. The Bertz CT molecular complexity index is 718. The molecule has 148 valence electrons. The van der Waals surface area contributed by atoms with Crippen molar-refractivity contribution in [2.45, 2.75) is 26.6 Å². The number of aromatic nitrogens is 1. The number of nitrogens with one attached hydrogen (secondary N) is 2. The molecule has 6 nitrogen and oxygen atoms in total. The second-order valence-electron chi connectivity index (χ2n) is 5.16. The molecule has 0 amide bonds. The van der Waals surface area contributed by atoms with Gasteiger partial charge in [-0.1, -0.05) is 18.2 Å². The zero-order chi connectivity index (χ0) is 18.8. The number of guanidine groups is 1. The maximum Gasteiger partial charge on any atom is 0.387 e. The Balaban J connectivity index is 0.00000364. The van der Waals surface area contributed by atoms with Crippen LogP contribution in [0.5, 0.6) is 11.5 Å². The number of para-hydroxylation sites is 1. The first-order chi connectivity index (χ1) is 12.6. The fraction of sp³-hybridized carbons (Fsp3) is 0.333. The van der Waals surface area contributed by atoms with Crippen LogP contribution in [-0.4, -0.2) is 31.2 Å². The molecular formula is C18H23F2IN4O2. The lowest BCUT2D eigenvalue weighted by molar-refractivity contribution is -0.0520. The number of halogens is 3. The summed E-state index contributed by atoms with van der Waals surface area (Å²) in [5.41, 5.74) is 1.40. The fourth-order valence-corrected chi connectivity index (χ4v) is 2.27. The predicted molar refractivity (Wildman–Crippen MR) is 111 cm³/mol. The van der Waals surface area contributed by atoms with Crippen molar-refractivity contribution >= 4 is 29.9 Å². The normalized spacial score (nSPS) is 10.9. The maximum absolute atomic E-state index is 12.8. The lowest BCUT2D eigenvalue weighted by atomic mass is 10.2. The summed E-state index contributed by atoms with van der Waals surface area (Å²) in [6.45, 7) is -0.0772. The Morgan fingerprint density at radius 2 is 1.93 bits per heavy atom. The number of pyridine rings is 1. The highest BCUT2D eigenvalue weighted by Gasteiger charge is 2.16. The van der Waals surface area contributed by atoms with E-state index in [4.69, 9.17) is 4.74 Å². The third-order valence-electron chi connectivity index (χ3n) is 3.40. The Morgan fingerprint density at radius 3 is 2.56 bits per heavy atom. The number of nitrogens with zero attached hydrogens (tertiary/aromatic N) is 2. The smallest absolute Gasteiger partial charge is 0.387 e. The van der Waals surface area contributed by atoms with Crippen LogP contribution in [0.15, 0.2) is 47.6 Å². The van der Waals surface area contributed by atoms with Crippen molar-refractivity contribution in [3.8, 4) is 11.5 Å². The summed E-state index contributed by atoms with van der Waals surface area (Å²) in [6.07, 6.45) is 1.71. The monoisotopic (exact) mass is 492 g/mol. The van der Waals surface area contributed by atoms with Crippen molar-refractivity contribution in [2.24, 2.45) is 4.99 Å². The van der Waals surface area contributed by atoms with Gasteiger partial charge in [-0.15, -0.1) is 24.0 Å². The molecule has 1 aromatic carbocycles. The van der Waals surface area contributed by atoms with Gasteiger partial charge in [0.25, 0.3) is 0 Å². The van der Waals surface area contributed by atoms with Crippen LogP contribution < -0.4 is 20.1 Å². The number of ether oxygens (including phenoxy) is 2. The van der Waals surface area contributed by atoms with Crippen LogP contribution in [0, 0.1) is 0 Å². The Labute approximate surface area is 174 Å². The molecule has 0 radical (unpaired) electrons. The summed E-state index contributed by atoms with van der Waals surface area (Å²) in [7, 11) is 1.63. The standard InChI is InChI=1S/C18H22F2N4O2.HI/c1-3-25-15-9-6-7-13(16(15)26-17(19)20)11-23-18(21-2)24-12-14-8-4-5-10-22-14;/h4-10,17H,3,11-12H2,1-2H3,(H2,21,23,24);1H. The predicted octanol–water partition coefficient (Wildman–Crippen LogP) is 3.56. The lowest BCUT2D eigenvalue weighted by Crippen LogP contribution is -2.36. The molecule has 0 spiro atoms. The van der Waals surface area contributed by atoms with Crippen LogP contribution in [0.4, 0.5) is 8.78 Å². The van der Waals surface area contributed by atoms with Crippen LogP contribution in [0.1, 0.15) is 18.2 Å². The van der Waals surface area contributed by atoms with E-state index in [1.54, 1.807) is 38.4 Å². The molecule has 9 heteroatoms. The van der Waals surface area contributed by atoms with Crippen molar-refractivity contribution < 1.29 is 18.3 Å². The first-order valence-electron chi connectivity index (χ1n) is 8.18. The molecule has 0 bridgehead atoms. The average Bonchev–Trinajstić information content (AvgIpc) is 2.64. The first kappa shape index (κ1) is 22.9. The lowest BCUT2D eigenvalue weighted by Gasteiger charge is -2.17. The summed E-state index contributed by atoms with van der Waals surface area (Å²) in [5, 5.41) is 6.18. The molecule has 0 unspecified atom stereocenters. The van der Waals surface area contributed by atoms with E-state index in [0.717, 1.165) is 5.69 Å². The zero-order valence-electron chi connectivity index (χ0n) is 15.1. The second-order valence-corrected chi connectivity index (χ2v) is 5.16. The highest BCUT2D eigenvalue weighted by Crippen LogP contribution is 2.32. The third kappa shape index (κ3) is 7.53. The van der Waals surface area contributed by atoms with Crippen molar-refractivity contribution in [3.63, 3.8) is 0 Å².